The number of hydrogen-bond donors (Lipinski definition) is 0. The minimum absolute atomic E-state index is 0.607. The van der Waals surface area contributed by atoms with Crippen molar-refractivity contribution in [3.05, 3.63) is 218 Å². The third kappa shape index (κ3) is 6.18. The van der Waals surface area contributed by atoms with Gasteiger partial charge in [0.1, 0.15) is 0 Å². The third-order valence-corrected chi connectivity index (χ3v) is 13.1. The number of thiophene rings is 1. The molecule has 9 aromatic carbocycles. The van der Waals surface area contributed by atoms with E-state index in [-0.39, 0.29) is 0 Å². The van der Waals surface area contributed by atoms with Crippen molar-refractivity contribution in [1.29, 1.82) is 0 Å². The molecule has 0 radical (unpaired) electrons. The van der Waals surface area contributed by atoms with Gasteiger partial charge in [-0.05, 0) is 58.1 Å². The molecular formula is C57H36N4S. The Morgan fingerprint density at radius 1 is 0.306 bits per heavy atom. The van der Waals surface area contributed by atoms with Crippen LogP contribution in [-0.2, 0) is 0 Å². The Balaban J connectivity index is 1.04. The van der Waals surface area contributed by atoms with Gasteiger partial charge in [-0.15, -0.1) is 11.3 Å². The van der Waals surface area contributed by atoms with E-state index in [4.69, 9.17) is 15.0 Å². The van der Waals surface area contributed by atoms with Crippen LogP contribution < -0.4 is 0 Å². The van der Waals surface area contributed by atoms with E-state index in [1.807, 2.05) is 17.4 Å². The fourth-order valence-corrected chi connectivity index (χ4v) is 10.1. The van der Waals surface area contributed by atoms with Gasteiger partial charge in [-0.25, -0.2) is 15.0 Å². The Morgan fingerprint density at radius 3 is 1.50 bits per heavy atom. The van der Waals surface area contributed by atoms with E-state index in [1.54, 1.807) is 0 Å². The van der Waals surface area contributed by atoms with Crippen LogP contribution in [0.3, 0.4) is 0 Å². The van der Waals surface area contributed by atoms with E-state index >= 15 is 0 Å². The second kappa shape index (κ2) is 14.9. The van der Waals surface area contributed by atoms with Crippen molar-refractivity contribution in [2.75, 3.05) is 0 Å². The standard InChI is InChI=1S/C57H36N4S/c1-3-15-37(16-4-1)41-19-13-20-42(35-41)56-58-55(40-31-29-39(30-32-40)45-24-14-25-49-48-23-9-12-28-53(48)62-54(45)49)59-57(60-56)43-33-34-44(38-17-5-2-6-18-38)52(36-43)61-50-26-10-7-21-46(50)47-22-8-11-27-51(47)61/h1-36H. The van der Waals surface area contributed by atoms with E-state index in [2.05, 4.69) is 217 Å². The number of benzene rings is 9. The van der Waals surface area contributed by atoms with Crippen LogP contribution in [0.5, 0.6) is 0 Å². The number of hydrogen-bond acceptors (Lipinski definition) is 4. The summed E-state index contributed by atoms with van der Waals surface area (Å²) < 4.78 is 4.98. The molecule has 3 heterocycles. The van der Waals surface area contributed by atoms with Crippen molar-refractivity contribution in [2.24, 2.45) is 0 Å². The molecule has 0 spiro atoms. The molecule has 0 atom stereocenters. The van der Waals surface area contributed by atoms with Gasteiger partial charge in [0, 0.05) is 53.2 Å². The van der Waals surface area contributed by atoms with Crippen LogP contribution in [0.4, 0.5) is 0 Å². The first-order valence-corrected chi connectivity index (χ1v) is 21.7. The fourth-order valence-electron chi connectivity index (χ4n) is 8.90. The molecule has 0 amide bonds. The average molecular weight is 809 g/mol. The Hall–Kier alpha value is -7.99. The van der Waals surface area contributed by atoms with E-state index in [9.17, 15) is 0 Å². The van der Waals surface area contributed by atoms with E-state index in [0.717, 1.165) is 61.2 Å². The predicted octanol–water partition coefficient (Wildman–Crippen LogP) is 15.3. The molecule has 0 fully saturated rings. The fraction of sp³-hybridized carbons (Fsp3) is 0. The van der Waals surface area contributed by atoms with Crippen molar-refractivity contribution < 1.29 is 0 Å². The summed E-state index contributed by atoms with van der Waals surface area (Å²) in [5, 5.41) is 5.01. The highest BCUT2D eigenvalue weighted by molar-refractivity contribution is 7.26. The van der Waals surface area contributed by atoms with Gasteiger partial charge >= 0.3 is 0 Å². The number of fused-ring (bicyclic) bond motifs is 6. The lowest BCUT2D eigenvalue weighted by Crippen LogP contribution is -2.02. The highest BCUT2D eigenvalue weighted by atomic mass is 32.1. The first kappa shape index (κ1) is 35.9. The minimum atomic E-state index is 0.607. The molecule has 0 N–H and O–H groups in total. The molecule has 3 aromatic heterocycles. The SMILES string of the molecule is c1ccc(-c2cccc(-c3nc(-c4ccc(-c5cccc6c5sc5ccccc56)cc4)nc(-c4ccc(-c5ccccc5)c(-n5c6ccccc6c6ccccc65)c4)n3)c2)cc1. The molecular weight excluding hydrogens is 773 g/mol. The summed E-state index contributed by atoms with van der Waals surface area (Å²) in [6, 6.07) is 77.4. The van der Waals surface area contributed by atoms with Gasteiger partial charge in [0.25, 0.3) is 0 Å². The summed E-state index contributed by atoms with van der Waals surface area (Å²) in [7, 11) is 0. The predicted molar refractivity (Wildman–Crippen MR) is 260 cm³/mol. The van der Waals surface area contributed by atoms with Gasteiger partial charge in [-0.1, -0.05) is 188 Å². The zero-order valence-corrected chi connectivity index (χ0v) is 34.3. The smallest absolute Gasteiger partial charge is 0.164 e. The van der Waals surface area contributed by atoms with Crippen molar-refractivity contribution >= 4 is 53.3 Å². The molecule has 0 aliphatic rings. The number of para-hydroxylation sites is 2. The normalized spacial score (nSPS) is 11.5. The Labute approximate surface area is 362 Å². The quantitative estimate of drug-likeness (QED) is 0.161. The monoisotopic (exact) mass is 808 g/mol. The zero-order chi connectivity index (χ0) is 41.0. The van der Waals surface area contributed by atoms with Gasteiger partial charge in [0.05, 0.1) is 16.7 Å². The Kier molecular flexibility index (Phi) is 8.65. The zero-order valence-electron chi connectivity index (χ0n) is 33.5. The van der Waals surface area contributed by atoms with Crippen LogP contribution in [0, 0.1) is 0 Å². The van der Waals surface area contributed by atoms with Gasteiger partial charge in [0.15, 0.2) is 17.5 Å². The van der Waals surface area contributed by atoms with Crippen LogP contribution in [0.25, 0.3) is 115 Å². The first-order valence-electron chi connectivity index (χ1n) is 20.8. The molecule has 0 saturated heterocycles. The summed E-state index contributed by atoms with van der Waals surface area (Å²) in [6.07, 6.45) is 0. The summed E-state index contributed by atoms with van der Waals surface area (Å²) in [5.41, 5.74) is 13.0. The lowest BCUT2D eigenvalue weighted by atomic mass is 10.00. The van der Waals surface area contributed by atoms with Crippen LogP contribution in [-0.4, -0.2) is 19.5 Å². The van der Waals surface area contributed by atoms with Gasteiger partial charge < -0.3 is 4.57 Å². The average Bonchev–Trinajstić information content (AvgIpc) is 3.90. The van der Waals surface area contributed by atoms with Crippen LogP contribution in [0.2, 0.25) is 0 Å². The topological polar surface area (TPSA) is 43.6 Å². The third-order valence-electron chi connectivity index (χ3n) is 11.9. The molecule has 62 heavy (non-hydrogen) atoms. The maximum Gasteiger partial charge on any atom is 0.164 e. The number of aromatic nitrogens is 4. The highest BCUT2D eigenvalue weighted by Crippen LogP contribution is 2.41. The molecule has 4 nitrogen and oxygen atoms in total. The molecule has 0 bridgehead atoms. The van der Waals surface area contributed by atoms with Crippen LogP contribution >= 0.6 is 11.3 Å². The molecule has 0 unspecified atom stereocenters. The van der Waals surface area contributed by atoms with E-state index in [0.29, 0.717) is 17.5 Å². The lowest BCUT2D eigenvalue weighted by Gasteiger charge is -2.16. The summed E-state index contributed by atoms with van der Waals surface area (Å²) >= 11 is 1.85. The van der Waals surface area contributed by atoms with Gasteiger partial charge in [-0.3, -0.25) is 0 Å². The highest BCUT2D eigenvalue weighted by Gasteiger charge is 2.19. The molecule has 5 heteroatoms. The van der Waals surface area contributed by atoms with Crippen molar-refractivity contribution in [3.8, 4) is 73.2 Å². The molecule has 0 aliphatic heterocycles. The summed E-state index contributed by atoms with van der Waals surface area (Å²) in [5.74, 6) is 1.84. The van der Waals surface area contributed by atoms with Crippen molar-refractivity contribution in [2.45, 2.75) is 0 Å². The molecule has 12 rings (SSSR count). The van der Waals surface area contributed by atoms with Gasteiger partial charge in [0.2, 0.25) is 0 Å². The van der Waals surface area contributed by atoms with Crippen LogP contribution in [0.15, 0.2) is 218 Å². The second-order valence-electron chi connectivity index (χ2n) is 15.6. The Bertz CT molecular complexity index is 3570. The molecule has 12 aromatic rings. The lowest BCUT2D eigenvalue weighted by molar-refractivity contribution is 1.07. The number of rotatable bonds is 7. The first-order chi connectivity index (χ1) is 30.7. The second-order valence-corrected chi connectivity index (χ2v) is 16.6. The van der Waals surface area contributed by atoms with Gasteiger partial charge in [-0.2, -0.15) is 0 Å². The van der Waals surface area contributed by atoms with Crippen LogP contribution in [0.1, 0.15) is 0 Å². The molecule has 290 valence electrons. The maximum atomic E-state index is 5.28. The number of nitrogens with zero attached hydrogens (tertiary/aromatic N) is 4. The largest absolute Gasteiger partial charge is 0.309 e. The Morgan fingerprint density at radius 2 is 0.790 bits per heavy atom. The van der Waals surface area contributed by atoms with Crippen molar-refractivity contribution in [1.82, 2.24) is 19.5 Å². The van der Waals surface area contributed by atoms with E-state index in [1.165, 1.54) is 36.5 Å². The summed E-state index contributed by atoms with van der Waals surface area (Å²) in [4.78, 5) is 15.8. The molecule has 0 saturated carbocycles. The van der Waals surface area contributed by atoms with E-state index < -0.39 is 0 Å². The maximum absolute atomic E-state index is 5.28. The van der Waals surface area contributed by atoms with Crippen molar-refractivity contribution in [3.63, 3.8) is 0 Å². The minimum Gasteiger partial charge on any atom is -0.309 e. The summed E-state index contributed by atoms with van der Waals surface area (Å²) in [6.45, 7) is 0. The molecule has 0 aliphatic carbocycles.